The van der Waals surface area contributed by atoms with E-state index in [9.17, 15) is 14.4 Å². The molecule has 0 spiro atoms. The lowest BCUT2D eigenvalue weighted by Gasteiger charge is -2.30. The van der Waals surface area contributed by atoms with Crippen LogP contribution >= 0.6 is 23.4 Å². The van der Waals surface area contributed by atoms with E-state index in [0.29, 0.717) is 22.0 Å². The maximum Gasteiger partial charge on any atom is 0.345 e. The third-order valence-corrected chi connectivity index (χ3v) is 6.98. The summed E-state index contributed by atoms with van der Waals surface area (Å²) < 4.78 is 9.30. The summed E-state index contributed by atoms with van der Waals surface area (Å²) in [6, 6.07) is 11.5. The van der Waals surface area contributed by atoms with E-state index in [1.54, 1.807) is 26.2 Å². The van der Waals surface area contributed by atoms with Crippen molar-refractivity contribution >= 4 is 52.1 Å². The highest BCUT2D eigenvalue weighted by molar-refractivity contribution is 8.01. The number of hydrogen-bond donors (Lipinski definition) is 2. The SMILES string of the molecule is CCC(SCC(N)=O)(C(=O)OC(=O)c1ccc(Cl)cc1)c1c(C)[nH]c2ccc(OC)cc12. The van der Waals surface area contributed by atoms with Gasteiger partial charge in [0.25, 0.3) is 0 Å². The summed E-state index contributed by atoms with van der Waals surface area (Å²) in [4.78, 5) is 41.1. The number of rotatable bonds is 8. The molecule has 0 aliphatic heterocycles. The zero-order chi connectivity index (χ0) is 23.5. The molecule has 0 fully saturated rings. The summed E-state index contributed by atoms with van der Waals surface area (Å²) in [5.41, 5.74) is 7.69. The van der Waals surface area contributed by atoms with E-state index in [1.807, 2.05) is 13.0 Å². The Morgan fingerprint density at radius 3 is 2.44 bits per heavy atom. The van der Waals surface area contributed by atoms with Gasteiger partial charge in [-0.25, -0.2) is 9.59 Å². The van der Waals surface area contributed by atoms with Crippen LogP contribution in [0.25, 0.3) is 10.9 Å². The van der Waals surface area contributed by atoms with Gasteiger partial charge in [0.2, 0.25) is 5.91 Å². The van der Waals surface area contributed by atoms with Crippen molar-refractivity contribution in [1.29, 1.82) is 0 Å². The van der Waals surface area contributed by atoms with Crippen molar-refractivity contribution in [2.75, 3.05) is 12.9 Å². The number of aromatic nitrogens is 1. The van der Waals surface area contributed by atoms with E-state index in [4.69, 9.17) is 26.8 Å². The van der Waals surface area contributed by atoms with Gasteiger partial charge < -0.3 is 20.2 Å². The van der Waals surface area contributed by atoms with Crippen molar-refractivity contribution < 1.29 is 23.9 Å². The molecule has 3 aromatic rings. The second kappa shape index (κ2) is 9.67. The first-order chi connectivity index (χ1) is 15.2. The molecule has 168 valence electrons. The van der Waals surface area contributed by atoms with Gasteiger partial charge in [-0.15, -0.1) is 11.8 Å². The number of carbonyl (C=O) groups excluding carboxylic acids is 3. The summed E-state index contributed by atoms with van der Waals surface area (Å²) in [6.07, 6.45) is 0.253. The van der Waals surface area contributed by atoms with Crippen LogP contribution < -0.4 is 10.5 Å². The van der Waals surface area contributed by atoms with Gasteiger partial charge in [-0.1, -0.05) is 18.5 Å². The fourth-order valence-corrected chi connectivity index (χ4v) is 4.90. The second-order valence-corrected chi connectivity index (χ2v) is 8.87. The average Bonchev–Trinajstić information content (AvgIpc) is 3.10. The van der Waals surface area contributed by atoms with Crippen molar-refractivity contribution in [3.05, 3.63) is 64.3 Å². The van der Waals surface area contributed by atoms with Crippen LogP contribution in [-0.2, 0) is 19.1 Å². The van der Waals surface area contributed by atoms with Crippen LogP contribution in [-0.4, -0.2) is 35.7 Å². The molecule has 1 unspecified atom stereocenters. The number of aromatic amines is 1. The van der Waals surface area contributed by atoms with Gasteiger partial charge in [-0.2, -0.15) is 0 Å². The molecular formula is C23H23ClN2O5S. The minimum absolute atomic E-state index is 0.131. The maximum atomic E-state index is 13.5. The molecule has 1 atom stereocenters. The lowest BCUT2D eigenvalue weighted by atomic mass is 9.92. The Morgan fingerprint density at radius 1 is 1.16 bits per heavy atom. The molecular weight excluding hydrogens is 452 g/mol. The first-order valence-corrected chi connectivity index (χ1v) is 11.2. The van der Waals surface area contributed by atoms with E-state index < -0.39 is 22.6 Å². The number of halogens is 1. The number of carbonyl (C=O) groups is 3. The van der Waals surface area contributed by atoms with Crippen LogP contribution in [0.3, 0.4) is 0 Å². The topological polar surface area (TPSA) is 111 Å². The van der Waals surface area contributed by atoms with Crippen LogP contribution in [0.1, 0.15) is 35.0 Å². The van der Waals surface area contributed by atoms with Gasteiger partial charge in [0.15, 0.2) is 0 Å². The summed E-state index contributed by atoms with van der Waals surface area (Å²) in [5, 5.41) is 1.19. The Hall–Kier alpha value is -2.97. The van der Waals surface area contributed by atoms with Crippen molar-refractivity contribution in [2.24, 2.45) is 5.73 Å². The molecule has 32 heavy (non-hydrogen) atoms. The lowest BCUT2D eigenvalue weighted by molar-refractivity contribution is -0.141. The van der Waals surface area contributed by atoms with Crippen LogP contribution in [0.5, 0.6) is 5.75 Å². The van der Waals surface area contributed by atoms with Gasteiger partial charge in [0.05, 0.1) is 18.4 Å². The van der Waals surface area contributed by atoms with Crippen LogP contribution in [0.4, 0.5) is 0 Å². The molecule has 7 nitrogen and oxygen atoms in total. The molecule has 0 saturated carbocycles. The van der Waals surface area contributed by atoms with E-state index in [0.717, 1.165) is 22.7 Å². The van der Waals surface area contributed by atoms with Crippen molar-refractivity contribution in [3.63, 3.8) is 0 Å². The molecule has 0 saturated heterocycles. The summed E-state index contributed by atoms with van der Waals surface area (Å²) in [6.45, 7) is 3.62. The second-order valence-electron chi connectivity index (χ2n) is 7.16. The van der Waals surface area contributed by atoms with Gasteiger partial charge in [0.1, 0.15) is 10.5 Å². The molecule has 3 N–H and O–H groups in total. The van der Waals surface area contributed by atoms with Crippen molar-refractivity contribution in [2.45, 2.75) is 25.0 Å². The molecule has 1 amide bonds. The maximum absolute atomic E-state index is 13.5. The molecule has 0 aliphatic carbocycles. The Morgan fingerprint density at radius 2 is 1.84 bits per heavy atom. The van der Waals surface area contributed by atoms with Gasteiger partial charge in [-0.05, 0) is 55.8 Å². The minimum atomic E-state index is -1.36. The smallest absolute Gasteiger partial charge is 0.345 e. The van der Waals surface area contributed by atoms with E-state index in [1.165, 1.54) is 24.3 Å². The lowest BCUT2D eigenvalue weighted by Crippen LogP contribution is -2.37. The highest BCUT2D eigenvalue weighted by Crippen LogP contribution is 2.46. The van der Waals surface area contributed by atoms with Crippen LogP contribution in [0.15, 0.2) is 42.5 Å². The fourth-order valence-electron chi connectivity index (χ4n) is 3.62. The minimum Gasteiger partial charge on any atom is -0.497 e. The number of hydrogen-bond acceptors (Lipinski definition) is 6. The summed E-state index contributed by atoms with van der Waals surface area (Å²) in [7, 11) is 1.55. The van der Waals surface area contributed by atoms with Gasteiger partial charge in [-0.3, -0.25) is 4.79 Å². The fraction of sp³-hybridized carbons (Fsp3) is 0.261. The third kappa shape index (κ3) is 4.61. The van der Waals surface area contributed by atoms with Crippen LogP contribution in [0, 0.1) is 6.92 Å². The van der Waals surface area contributed by atoms with E-state index >= 15 is 0 Å². The quantitative estimate of drug-likeness (QED) is 0.371. The standard InChI is InChI=1S/C23H23ClN2O5S/c1-4-23(32-12-19(25)27,22(29)31-21(28)14-5-7-15(24)8-6-14)20-13(2)26-18-10-9-16(30-3)11-17(18)20/h5-11,26H,4,12H2,1-3H3,(H2,25,27). The first kappa shape index (κ1) is 23.7. The molecule has 9 heteroatoms. The Kier molecular flexibility index (Phi) is 7.16. The number of amides is 1. The van der Waals surface area contributed by atoms with Gasteiger partial charge >= 0.3 is 11.9 Å². The molecule has 3 rings (SSSR count). The summed E-state index contributed by atoms with van der Waals surface area (Å²) in [5.74, 6) is -1.70. The average molecular weight is 475 g/mol. The zero-order valence-electron chi connectivity index (χ0n) is 17.9. The molecule has 2 aromatic carbocycles. The number of fused-ring (bicyclic) bond motifs is 1. The van der Waals surface area contributed by atoms with Crippen LogP contribution in [0.2, 0.25) is 5.02 Å². The Labute approximate surface area is 194 Å². The van der Waals surface area contributed by atoms with E-state index in [-0.39, 0.29) is 17.7 Å². The molecule has 0 aliphatic rings. The van der Waals surface area contributed by atoms with Gasteiger partial charge in [0, 0.05) is 27.2 Å². The molecule has 0 bridgehead atoms. The predicted molar refractivity (Wildman–Crippen MR) is 125 cm³/mol. The predicted octanol–water partition coefficient (Wildman–Crippen LogP) is 4.35. The zero-order valence-corrected chi connectivity index (χ0v) is 19.4. The number of H-pyrrole nitrogens is 1. The number of thioether (sulfide) groups is 1. The Balaban J connectivity index is 2.10. The molecule has 0 radical (unpaired) electrons. The number of aryl methyl sites for hydroxylation is 1. The third-order valence-electron chi connectivity index (χ3n) is 5.15. The number of esters is 2. The normalized spacial score (nSPS) is 12.9. The van der Waals surface area contributed by atoms with E-state index in [2.05, 4.69) is 4.98 Å². The number of benzene rings is 2. The van der Waals surface area contributed by atoms with Crippen molar-refractivity contribution in [1.82, 2.24) is 4.98 Å². The highest BCUT2D eigenvalue weighted by atomic mass is 35.5. The molecule has 1 aromatic heterocycles. The number of nitrogens with two attached hydrogens (primary N) is 1. The number of methoxy groups -OCH3 is 1. The largest absolute Gasteiger partial charge is 0.497 e. The summed E-state index contributed by atoms with van der Waals surface area (Å²) >= 11 is 6.92. The number of primary amides is 1. The first-order valence-electron chi connectivity index (χ1n) is 9.83. The number of ether oxygens (including phenoxy) is 2. The molecule has 1 heterocycles. The monoisotopic (exact) mass is 474 g/mol. The highest BCUT2D eigenvalue weighted by Gasteiger charge is 2.45. The van der Waals surface area contributed by atoms with Crippen molar-refractivity contribution in [3.8, 4) is 5.75 Å². The Bertz CT molecular complexity index is 1180. The number of nitrogens with one attached hydrogen (secondary N) is 1.